The van der Waals surface area contributed by atoms with E-state index in [1.54, 1.807) is 45.0 Å². The van der Waals surface area contributed by atoms with Crippen LogP contribution in [-0.4, -0.2) is 37.9 Å². The maximum atomic E-state index is 11.4. The number of carbonyl (C=O) groups is 2. The molecule has 1 rings (SSSR count). The van der Waals surface area contributed by atoms with Crippen molar-refractivity contribution in [3.05, 3.63) is 29.8 Å². The van der Waals surface area contributed by atoms with E-state index in [1.165, 1.54) is 7.11 Å². The summed E-state index contributed by atoms with van der Waals surface area (Å²) in [5.74, 6) is 0.108. The Bertz CT molecular complexity index is 522. The van der Waals surface area contributed by atoms with E-state index in [0.717, 1.165) is 0 Å². The minimum atomic E-state index is -0.817. The molecule has 7 nitrogen and oxygen atoms in total. The number of rotatable bonds is 6. The minimum Gasteiger partial charge on any atom is -0.492 e. The normalized spacial score (nSPS) is 12.2. The van der Waals surface area contributed by atoms with E-state index < -0.39 is 23.7 Å². The van der Waals surface area contributed by atoms with E-state index in [1.807, 2.05) is 0 Å². The Hall–Kier alpha value is -2.28. The van der Waals surface area contributed by atoms with Crippen LogP contribution in [0.15, 0.2) is 24.3 Å². The lowest BCUT2D eigenvalue weighted by Crippen LogP contribution is -2.34. The predicted molar refractivity (Wildman–Crippen MR) is 85.1 cm³/mol. The van der Waals surface area contributed by atoms with Crippen molar-refractivity contribution in [3.63, 3.8) is 0 Å². The van der Waals surface area contributed by atoms with Gasteiger partial charge in [-0.3, -0.25) is 4.79 Å². The molecule has 0 bridgehead atoms. The number of benzene rings is 1. The van der Waals surface area contributed by atoms with E-state index >= 15 is 0 Å². The lowest BCUT2D eigenvalue weighted by Gasteiger charge is -2.19. The van der Waals surface area contributed by atoms with E-state index in [0.29, 0.717) is 24.5 Å². The summed E-state index contributed by atoms with van der Waals surface area (Å²) in [7, 11) is 1.29. The second-order valence-electron chi connectivity index (χ2n) is 5.85. The first-order valence-corrected chi connectivity index (χ1v) is 7.26. The molecule has 0 spiro atoms. The van der Waals surface area contributed by atoms with Gasteiger partial charge in [-0.25, -0.2) is 4.79 Å². The third-order valence-electron chi connectivity index (χ3n) is 2.73. The van der Waals surface area contributed by atoms with Gasteiger partial charge in [0.05, 0.1) is 13.7 Å². The van der Waals surface area contributed by atoms with Crippen molar-refractivity contribution in [2.45, 2.75) is 32.4 Å². The Kier molecular flexibility index (Phi) is 6.84. The zero-order chi connectivity index (χ0) is 17.5. The quantitative estimate of drug-likeness (QED) is 0.611. The Balaban J connectivity index is 2.36. The van der Waals surface area contributed by atoms with E-state index in [-0.39, 0.29) is 0 Å². The third-order valence-corrected chi connectivity index (χ3v) is 2.73. The number of hydrogen-bond acceptors (Lipinski definition) is 6. The summed E-state index contributed by atoms with van der Waals surface area (Å²) in [6.45, 7) is 6.00. The summed E-state index contributed by atoms with van der Waals surface area (Å²) >= 11 is 0. The molecule has 0 fully saturated rings. The zero-order valence-corrected chi connectivity index (χ0v) is 13.9. The lowest BCUT2D eigenvalue weighted by molar-refractivity contribution is -0.142. The molecular weight excluding hydrogens is 300 g/mol. The van der Waals surface area contributed by atoms with Crippen LogP contribution in [0.25, 0.3) is 0 Å². The maximum Gasteiger partial charge on any atom is 0.407 e. The van der Waals surface area contributed by atoms with Gasteiger partial charge < -0.3 is 25.3 Å². The van der Waals surface area contributed by atoms with Crippen molar-refractivity contribution in [1.29, 1.82) is 0 Å². The fourth-order valence-electron chi connectivity index (χ4n) is 1.67. The molecule has 1 amide bonds. The first-order chi connectivity index (χ1) is 10.7. The van der Waals surface area contributed by atoms with Crippen molar-refractivity contribution in [1.82, 2.24) is 5.32 Å². The van der Waals surface area contributed by atoms with Crippen LogP contribution in [0.2, 0.25) is 0 Å². The number of ether oxygens (including phenoxy) is 3. The molecular formula is C16H24N2O5. The topological polar surface area (TPSA) is 99.9 Å². The SMILES string of the molecule is COC(=O)[C@H](N)c1ccc(OCCNC(=O)OC(C)(C)C)cc1. The molecule has 3 N–H and O–H groups in total. The number of amides is 1. The highest BCUT2D eigenvalue weighted by molar-refractivity contribution is 5.77. The summed E-state index contributed by atoms with van der Waals surface area (Å²) in [6, 6.07) is 5.97. The molecule has 0 heterocycles. The summed E-state index contributed by atoms with van der Waals surface area (Å²) in [4.78, 5) is 22.8. The van der Waals surface area contributed by atoms with Crippen molar-refractivity contribution in [2.75, 3.05) is 20.3 Å². The second-order valence-corrected chi connectivity index (χ2v) is 5.85. The van der Waals surface area contributed by atoms with Crippen LogP contribution in [0, 0.1) is 0 Å². The van der Waals surface area contributed by atoms with Crippen LogP contribution in [0.4, 0.5) is 4.79 Å². The van der Waals surface area contributed by atoms with Crippen LogP contribution in [0.1, 0.15) is 32.4 Å². The van der Waals surface area contributed by atoms with Crippen molar-refractivity contribution >= 4 is 12.1 Å². The largest absolute Gasteiger partial charge is 0.492 e. The van der Waals surface area contributed by atoms with Gasteiger partial charge >= 0.3 is 12.1 Å². The highest BCUT2D eigenvalue weighted by atomic mass is 16.6. The van der Waals surface area contributed by atoms with Crippen LogP contribution in [-0.2, 0) is 14.3 Å². The number of nitrogens with one attached hydrogen (secondary N) is 1. The van der Waals surface area contributed by atoms with Crippen LogP contribution in [0.3, 0.4) is 0 Å². The number of alkyl carbamates (subject to hydrolysis) is 1. The second kappa shape index (κ2) is 8.38. The van der Waals surface area contributed by atoms with Gasteiger partial charge in [0.15, 0.2) is 0 Å². The Morgan fingerprint density at radius 2 is 1.83 bits per heavy atom. The van der Waals surface area contributed by atoms with E-state index in [2.05, 4.69) is 10.1 Å². The summed E-state index contributed by atoms with van der Waals surface area (Å²) in [5, 5.41) is 2.59. The van der Waals surface area contributed by atoms with Gasteiger partial charge in [0.1, 0.15) is 24.0 Å². The molecule has 0 aliphatic rings. The number of hydrogen-bond donors (Lipinski definition) is 2. The monoisotopic (exact) mass is 324 g/mol. The van der Waals surface area contributed by atoms with Gasteiger partial charge in [-0.2, -0.15) is 0 Å². The van der Waals surface area contributed by atoms with Crippen LogP contribution >= 0.6 is 0 Å². The van der Waals surface area contributed by atoms with Gasteiger partial charge in [-0.1, -0.05) is 12.1 Å². The third kappa shape index (κ3) is 7.01. The van der Waals surface area contributed by atoms with Gasteiger partial charge in [-0.15, -0.1) is 0 Å². The average molecular weight is 324 g/mol. The molecule has 1 aromatic rings. The highest BCUT2D eigenvalue weighted by Crippen LogP contribution is 2.17. The zero-order valence-electron chi connectivity index (χ0n) is 13.9. The molecule has 1 atom stereocenters. The first kappa shape index (κ1) is 18.8. The number of nitrogens with two attached hydrogens (primary N) is 1. The van der Waals surface area contributed by atoms with E-state index in [4.69, 9.17) is 15.2 Å². The van der Waals surface area contributed by atoms with Gasteiger partial charge in [0.25, 0.3) is 0 Å². The predicted octanol–water partition coefficient (Wildman–Crippen LogP) is 1.76. The van der Waals surface area contributed by atoms with Crippen LogP contribution in [0.5, 0.6) is 5.75 Å². The lowest BCUT2D eigenvalue weighted by atomic mass is 10.1. The van der Waals surface area contributed by atoms with E-state index in [9.17, 15) is 9.59 Å². The van der Waals surface area contributed by atoms with Gasteiger partial charge in [0, 0.05) is 0 Å². The standard InChI is InChI=1S/C16H24N2O5/c1-16(2,3)23-15(20)18-9-10-22-12-7-5-11(6-8-12)13(17)14(19)21-4/h5-8,13H,9-10,17H2,1-4H3,(H,18,20)/t13-/m1/s1. The Morgan fingerprint density at radius 3 is 2.35 bits per heavy atom. The molecule has 0 radical (unpaired) electrons. The minimum absolute atomic E-state index is 0.293. The fourth-order valence-corrected chi connectivity index (χ4v) is 1.67. The molecule has 23 heavy (non-hydrogen) atoms. The molecule has 7 heteroatoms. The van der Waals surface area contributed by atoms with Crippen LogP contribution < -0.4 is 15.8 Å². The molecule has 0 aliphatic carbocycles. The average Bonchev–Trinajstić information content (AvgIpc) is 2.49. The Labute approximate surface area is 136 Å². The summed E-state index contributed by atoms with van der Waals surface area (Å²) in [6.07, 6.45) is -0.486. The smallest absolute Gasteiger partial charge is 0.407 e. The highest BCUT2D eigenvalue weighted by Gasteiger charge is 2.16. The molecule has 0 aromatic heterocycles. The van der Waals surface area contributed by atoms with Crippen molar-refractivity contribution in [2.24, 2.45) is 5.73 Å². The maximum absolute atomic E-state index is 11.4. The number of methoxy groups -OCH3 is 1. The van der Waals surface area contributed by atoms with Crippen molar-refractivity contribution < 1.29 is 23.8 Å². The molecule has 0 saturated heterocycles. The summed E-state index contributed by atoms with van der Waals surface area (Å²) in [5.41, 5.74) is 5.83. The molecule has 0 aliphatic heterocycles. The molecule has 0 unspecified atom stereocenters. The fraction of sp³-hybridized carbons (Fsp3) is 0.500. The Morgan fingerprint density at radius 1 is 1.22 bits per heavy atom. The first-order valence-electron chi connectivity index (χ1n) is 7.26. The number of esters is 1. The van der Waals surface area contributed by atoms with Gasteiger partial charge in [0.2, 0.25) is 0 Å². The van der Waals surface area contributed by atoms with Crippen molar-refractivity contribution in [3.8, 4) is 5.75 Å². The summed E-state index contributed by atoms with van der Waals surface area (Å²) < 4.78 is 15.2. The molecule has 1 aromatic carbocycles. The molecule has 128 valence electrons. The van der Waals surface area contributed by atoms with Gasteiger partial charge in [-0.05, 0) is 38.5 Å². The number of carbonyl (C=O) groups excluding carboxylic acids is 2. The molecule has 0 saturated carbocycles.